The Hall–Kier alpha value is -0.290. The lowest BCUT2D eigenvalue weighted by atomic mass is 10.5. The van der Waals surface area contributed by atoms with Crippen molar-refractivity contribution >= 4 is 29.2 Å². The van der Waals surface area contributed by atoms with Gasteiger partial charge in [0.2, 0.25) is 0 Å². The summed E-state index contributed by atoms with van der Waals surface area (Å²) in [5.41, 5.74) is 0. The highest BCUT2D eigenvalue weighted by Gasteiger charge is 2.31. The Morgan fingerprint density at radius 3 is 2.67 bits per heavy atom. The molecule has 0 amide bonds. The third-order valence-electron chi connectivity index (χ3n) is 1.29. The zero-order chi connectivity index (χ0) is 9.14. The fourth-order valence-electron chi connectivity index (χ4n) is 0.750. The van der Waals surface area contributed by atoms with Crippen LogP contribution in [-0.4, -0.2) is 30.5 Å². The van der Waals surface area contributed by atoms with Crippen molar-refractivity contribution in [2.45, 2.75) is 6.23 Å². The minimum Gasteiger partial charge on any atom is -0.437 e. The van der Waals surface area contributed by atoms with Crippen molar-refractivity contribution in [3.8, 4) is 0 Å². The molecule has 4 nitrogen and oxygen atoms in total. The number of hydrogen-bond donors (Lipinski definition) is 2. The number of aliphatic hydroxyl groups is 1. The molecule has 0 saturated carbocycles. The van der Waals surface area contributed by atoms with Gasteiger partial charge >= 0.3 is 5.97 Å². The number of aliphatic hydroxyl groups excluding tert-OH is 1. The molecular formula is C6H7Cl2NO3. The van der Waals surface area contributed by atoms with E-state index in [1.54, 1.807) is 0 Å². The number of carbonyl (C=O) groups is 1. The molecule has 0 aromatic heterocycles. The normalized spacial score (nSPS) is 23.2. The molecule has 1 aliphatic rings. The van der Waals surface area contributed by atoms with E-state index in [2.05, 4.69) is 10.1 Å². The van der Waals surface area contributed by atoms with E-state index in [-0.39, 0.29) is 16.7 Å². The highest BCUT2D eigenvalue weighted by Crippen LogP contribution is 2.26. The summed E-state index contributed by atoms with van der Waals surface area (Å²) in [6, 6.07) is 0. The first-order valence-corrected chi connectivity index (χ1v) is 4.02. The number of rotatable bonds is 3. The molecule has 12 heavy (non-hydrogen) atoms. The van der Waals surface area contributed by atoms with Crippen LogP contribution < -0.4 is 5.32 Å². The molecule has 0 bridgehead atoms. The van der Waals surface area contributed by atoms with Crippen LogP contribution in [0.15, 0.2) is 10.1 Å². The van der Waals surface area contributed by atoms with Gasteiger partial charge in [-0.2, -0.15) is 0 Å². The Morgan fingerprint density at radius 1 is 1.58 bits per heavy atom. The second kappa shape index (κ2) is 4.09. The Bertz CT molecular complexity index is 229. The lowest BCUT2D eigenvalue weighted by Crippen LogP contribution is -2.32. The first-order valence-electron chi connectivity index (χ1n) is 3.27. The lowest BCUT2D eigenvalue weighted by molar-refractivity contribution is -0.140. The van der Waals surface area contributed by atoms with E-state index in [0.717, 1.165) is 0 Å². The summed E-state index contributed by atoms with van der Waals surface area (Å²) in [6.07, 6.45) is -0.709. The van der Waals surface area contributed by atoms with Gasteiger partial charge in [-0.3, -0.25) is 5.32 Å². The molecule has 1 atom stereocenters. The van der Waals surface area contributed by atoms with Gasteiger partial charge < -0.3 is 9.84 Å². The summed E-state index contributed by atoms with van der Waals surface area (Å²) in [5.74, 6) is -0.642. The van der Waals surface area contributed by atoms with Crippen molar-refractivity contribution in [1.29, 1.82) is 0 Å². The predicted octanol–water partition coefficient (Wildman–Crippen LogP) is 0.140. The van der Waals surface area contributed by atoms with Crippen LogP contribution in [0.5, 0.6) is 0 Å². The fraction of sp³-hybridized carbons (Fsp3) is 0.500. The zero-order valence-electron chi connectivity index (χ0n) is 6.01. The Kier molecular flexibility index (Phi) is 3.34. The highest BCUT2D eigenvalue weighted by atomic mass is 35.5. The van der Waals surface area contributed by atoms with Gasteiger partial charge in [0.25, 0.3) is 0 Å². The van der Waals surface area contributed by atoms with E-state index in [4.69, 9.17) is 28.3 Å². The first-order chi connectivity index (χ1) is 5.66. The number of halogens is 2. The number of carbonyl (C=O) groups excluding carboxylic acids is 1. The van der Waals surface area contributed by atoms with E-state index in [1.165, 1.54) is 0 Å². The number of nitrogens with one attached hydrogen (secondary N) is 1. The molecule has 0 aromatic rings. The molecule has 0 spiro atoms. The van der Waals surface area contributed by atoms with Crippen LogP contribution in [0.2, 0.25) is 0 Å². The Balaban J connectivity index is 2.55. The largest absolute Gasteiger partial charge is 0.437 e. The fourth-order valence-corrected chi connectivity index (χ4v) is 1.09. The van der Waals surface area contributed by atoms with E-state index in [9.17, 15) is 4.79 Å². The van der Waals surface area contributed by atoms with Gasteiger partial charge in [0.05, 0.1) is 11.6 Å². The van der Waals surface area contributed by atoms with Gasteiger partial charge in [-0.1, -0.05) is 23.2 Å². The monoisotopic (exact) mass is 211 g/mol. The van der Waals surface area contributed by atoms with Crippen LogP contribution in [0.4, 0.5) is 0 Å². The molecule has 1 rings (SSSR count). The summed E-state index contributed by atoms with van der Waals surface area (Å²) >= 11 is 11.1. The van der Waals surface area contributed by atoms with Gasteiger partial charge in [-0.15, -0.1) is 0 Å². The SMILES string of the molecule is O=C1OC(NCCO)C(Cl)=C1Cl. The van der Waals surface area contributed by atoms with Gasteiger partial charge in [0.15, 0.2) is 6.23 Å². The van der Waals surface area contributed by atoms with Gasteiger partial charge in [-0.05, 0) is 0 Å². The Labute approximate surface area is 79.1 Å². The molecule has 1 unspecified atom stereocenters. The van der Waals surface area contributed by atoms with Crippen LogP contribution >= 0.6 is 23.2 Å². The molecule has 0 fully saturated rings. The second-order valence-corrected chi connectivity index (χ2v) is 2.91. The van der Waals surface area contributed by atoms with Crippen LogP contribution in [0.3, 0.4) is 0 Å². The maximum absolute atomic E-state index is 10.8. The molecular weight excluding hydrogens is 205 g/mol. The van der Waals surface area contributed by atoms with Crippen LogP contribution in [0.25, 0.3) is 0 Å². The molecule has 2 N–H and O–H groups in total. The smallest absolute Gasteiger partial charge is 0.353 e. The zero-order valence-corrected chi connectivity index (χ0v) is 7.52. The minimum atomic E-state index is -0.709. The average molecular weight is 212 g/mol. The van der Waals surface area contributed by atoms with E-state index < -0.39 is 12.2 Å². The maximum atomic E-state index is 10.8. The first kappa shape index (κ1) is 9.80. The number of ether oxygens (including phenoxy) is 1. The standard InChI is InChI=1S/C6H7Cl2NO3/c7-3-4(8)6(11)12-5(3)9-1-2-10/h5,9-10H,1-2H2. The van der Waals surface area contributed by atoms with E-state index in [0.29, 0.717) is 6.54 Å². The summed E-state index contributed by atoms with van der Waals surface area (Å²) in [5, 5.41) is 11.2. The van der Waals surface area contributed by atoms with Crippen molar-refractivity contribution in [2.24, 2.45) is 0 Å². The number of hydrogen-bond acceptors (Lipinski definition) is 4. The summed E-state index contributed by atoms with van der Waals surface area (Å²) < 4.78 is 4.69. The third kappa shape index (κ3) is 1.90. The van der Waals surface area contributed by atoms with Gasteiger partial charge in [-0.25, -0.2) is 4.79 Å². The van der Waals surface area contributed by atoms with Gasteiger partial charge in [0.1, 0.15) is 5.03 Å². The lowest BCUT2D eigenvalue weighted by Gasteiger charge is -2.10. The molecule has 1 heterocycles. The van der Waals surface area contributed by atoms with Gasteiger partial charge in [0, 0.05) is 6.54 Å². The van der Waals surface area contributed by atoms with Crippen molar-refractivity contribution in [2.75, 3.05) is 13.2 Å². The van der Waals surface area contributed by atoms with Crippen LogP contribution in [0, 0.1) is 0 Å². The summed E-state index contributed by atoms with van der Waals surface area (Å²) in [7, 11) is 0. The minimum absolute atomic E-state index is 0.0597. The molecule has 0 radical (unpaired) electrons. The predicted molar refractivity (Wildman–Crippen MR) is 43.7 cm³/mol. The quantitative estimate of drug-likeness (QED) is 0.653. The second-order valence-electron chi connectivity index (χ2n) is 2.12. The maximum Gasteiger partial charge on any atom is 0.353 e. The van der Waals surface area contributed by atoms with Crippen molar-refractivity contribution < 1.29 is 14.6 Å². The van der Waals surface area contributed by atoms with Crippen LogP contribution in [0.1, 0.15) is 0 Å². The van der Waals surface area contributed by atoms with Crippen molar-refractivity contribution in [3.63, 3.8) is 0 Å². The summed E-state index contributed by atoms with van der Waals surface area (Å²) in [4.78, 5) is 10.8. The van der Waals surface area contributed by atoms with Crippen molar-refractivity contribution in [1.82, 2.24) is 5.32 Å². The summed E-state index contributed by atoms with van der Waals surface area (Å²) in [6.45, 7) is 0.230. The highest BCUT2D eigenvalue weighted by molar-refractivity contribution is 6.48. The van der Waals surface area contributed by atoms with E-state index >= 15 is 0 Å². The molecule has 1 aliphatic heterocycles. The Morgan fingerprint density at radius 2 is 2.25 bits per heavy atom. The molecule has 68 valence electrons. The van der Waals surface area contributed by atoms with Crippen molar-refractivity contribution in [3.05, 3.63) is 10.1 Å². The molecule has 6 heteroatoms. The number of esters is 1. The topological polar surface area (TPSA) is 58.6 Å². The van der Waals surface area contributed by atoms with E-state index in [1.807, 2.05) is 0 Å². The average Bonchev–Trinajstić information content (AvgIpc) is 2.30. The molecule has 0 aromatic carbocycles. The third-order valence-corrected chi connectivity index (χ3v) is 2.13. The van der Waals surface area contributed by atoms with Crippen LogP contribution in [-0.2, 0) is 9.53 Å². The number of cyclic esters (lactones) is 1. The molecule has 0 saturated heterocycles. The molecule has 0 aliphatic carbocycles.